The predicted molar refractivity (Wildman–Crippen MR) is 61.8 cm³/mol. The number of hydrogen-bond acceptors (Lipinski definition) is 4. The molecule has 0 saturated heterocycles. The highest BCUT2D eigenvalue weighted by Crippen LogP contribution is 2.16. The van der Waals surface area contributed by atoms with Gasteiger partial charge in [0.15, 0.2) is 0 Å². The molecule has 3 N–H and O–H groups in total. The average Bonchev–Trinajstić information content (AvgIpc) is 2.78. The van der Waals surface area contributed by atoms with Crippen molar-refractivity contribution in [2.24, 2.45) is 7.05 Å². The zero-order chi connectivity index (χ0) is 11.5. The van der Waals surface area contributed by atoms with Crippen LogP contribution in [0.3, 0.4) is 0 Å². The summed E-state index contributed by atoms with van der Waals surface area (Å²) in [5.74, 6) is 0.153. The Morgan fingerprint density at radius 2 is 2.38 bits per heavy atom. The number of aromatic nitrogens is 2. The first-order chi connectivity index (χ1) is 7.65. The van der Waals surface area contributed by atoms with E-state index >= 15 is 0 Å². The maximum atomic E-state index is 11.5. The Hall–Kier alpha value is -2.02. The second-order valence-corrected chi connectivity index (χ2v) is 4.04. The fourth-order valence-electron chi connectivity index (χ4n) is 1.16. The highest BCUT2D eigenvalue weighted by molar-refractivity contribution is 7.14. The number of hydrogen-bond donors (Lipinski definition) is 3. The highest BCUT2D eigenvalue weighted by atomic mass is 32.1. The molecule has 16 heavy (non-hydrogen) atoms. The third kappa shape index (κ3) is 2.31. The Morgan fingerprint density at radius 1 is 1.56 bits per heavy atom. The summed E-state index contributed by atoms with van der Waals surface area (Å²) in [7, 11) is 1.67. The van der Waals surface area contributed by atoms with Crippen molar-refractivity contribution in [2.45, 2.75) is 0 Å². The summed E-state index contributed by atoms with van der Waals surface area (Å²) in [6.45, 7) is 0. The summed E-state index contributed by atoms with van der Waals surface area (Å²) in [5.41, 5.74) is 0. The lowest BCUT2D eigenvalue weighted by Crippen LogP contribution is -2.20. The molecule has 0 saturated carbocycles. The number of anilines is 2. The van der Waals surface area contributed by atoms with Gasteiger partial charge in [-0.25, -0.2) is 4.79 Å². The Bertz CT molecular complexity index is 492. The third-order valence-corrected chi connectivity index (χ3v) is 2.63. The van der Waals surface area contributed by atoms with Crippen LogP contribution in [0.4, 0.5) is 15.7 Å². The van der Waals surface area contributed by atoms with Gasteiger partial charge >= 0.3 is 6.03 Å². The molecule has 0 unspecified atom stereocenters. The van der Waals surface area contributed by atoms with E-state index in [1.807, 2.05) is 11.4 Å². The van der Waals surface area contributed by atoms with Gasteiger partial charge in [0.25, 0.3) is 0 Å². The molecule has 0 fully saturated rings. The molecule has 0 aromatic carbocycles. The quantitative estimate of drug-likeness (QED) is 0.746. The molecule has 0 bridgehead atoms. The minimum absolute atomic E-state index is 0.131. The lowest BCUT2D eigenvalue weighted by Gasteiger charge is -2.04. The summed E-state index contributed by atoms with van der Waals surface area (Å²) in [5, 5.41) is 16.9. The minimum atomic E-state index is -0.392. The van der Waals surface area contributed by atoms with Gasteiger partial charge in [0, 0.05) is 7.05 Å². The number of urea groups is 1. The minimum Gasteiger partial charge on any atom is -0.492 e. The van der Waals surface area contributed by atoms with E-state index in [4.69, 9.17) is 5.11 Å². The molecule has 0 spiro atoms. The van der Waals surface area contributed by atoms with Crippen LogP contribution in [0.5, 0.6) is 5.88 Å². The summed E-state index contributed by atoms with van der Waals surface area (Å²) in [6, 6.07) is 3.24. The van der Waals surface area contributed by atoms with Crippen molar-refractivity contribution < 1.29 is 9.90 Å². The summed E-state index contributed by atoms with van der Waals surface area (Å²) < 4.78 is 1.52. The molecule has 0 aliphatic heterocycles. The number of aromatic hydroxyl groups is 1. The molecule has 0 atom stereocenters. The van der Waals surface area contributed by atoms with Gasteiger partial charge in [0.1, 0.15) is 0 Å². The number of carbonyl (C=O) groups excluding carboxylic acids is 1. The molecule has 0 radical (unpaired) electrons. The Balaban J connectivity index is 2.00. The van der Waals surface area contributed by atoms with Crippen LogP contribution in [-0.2, 0) is 7.05 Å². The van der Waals surface area contributed by atoms with Crippen LogP contribution in [0, 0.1) is 0 Å². The van der Waals surface area contributed by atoms with Crippen molar-refractivity contribution >= 4 is 28.3 Å². The Labute approximate surface area is 95.6 Å². The summed E-state index contributed by atoms with van der Waals surface area (Å²) >= 11 is 1.42. The number of rotatable bonds is 2. The van der Waals surface area contributed by atoms with Gasteiger partial charge in [-0.15, -0.1) is 11.3 Å². The number of nitrogens with zero attached hydrogens (tertiary/aromatic N) is 2. The predicted octanol–water partition coefficient (Wildman–Crippen LogP) is 1.83. The monoisotopic (exact) mass is 238 g/mol. The molecule has 0 aliphatic rings. The number of nitrogens with one attached hydrogen (secondary N) is 2. The van der Waals surface area contributed by atoms with Gasteiger partial charge in [-0.1, -0.05) is 0 Å². The molecule has 2 amide bonds. The smallest absolute Gasteiger partial charge is 0.326 e. The van der Waals surface area contributed by atoms with Gasteiger partial charge in [0.05, 0.1) is 11.2 Å². The van der Waals surface area contributed by atoms with Crippen LogP contribution < -0.4 is 10.6 Å². The van der Waals surface area contributed by atoms with Gasteiger partial charge in [-0.05, 0) is 17.5 Å². The molecule has 7 heteroatoms. The maximum Gasteiger partial charge on any atom is 0.326 e. The number of amides is 2. The maximum absolute atomic E-state index is 11.5. The standard InChI is InChI=1S/C9H10N4O2S/c1-13-5-6(14)10-8(13)12-9(15)11-7-3-2-4-16-7/h2-5,14H,1H3,(H2,10,11,12,15). The van der Waals surface area contributed by atoms with Crippen molar-refractivity contribution in [3.63, 3.8) is 0 Å². The first-order valence-corrected chi connectivity index (χ1v) is 5.37. The van der Waals surface area contributed by atoms with Crippen molar-refractivity contribution in [2.75, 3.05) is 10.6 Å². The van der Waals surface area contributed by atoms with E-state index in [9.17, 15) is 4.79 Å². The van der Waals surface area contributed by atoms with Crippen molar-refractivity contribution in [3.8, 4) is 5.88 Å². The Kier molecular flexibility index (Phi) is 2.78. The second kappa shape index (κ2) is 4.23. The van der Waals surface area contributed by atoms with Crippen molar-refractivity contribution in [1.29, 1.82) is 0 Å². The lowest BCUT2D eigenvalue weighted by molar-refractivity contribution is 0.262. The normalized spacial score (nSPS) is 10.1. The van der Waals surface area contributed by atoms with Gasteiger partial charge in [-0.3, -0.25) is 10.6 Å². The lowest BCUT2D eigenvalue weighted by atomic mass is 10.6. The highest BCUT2D eigenvalue weighted by Gasteiger charge is 2.08. The molecule has 2 aromatic rings. The zero-order valence-corrected chi connectivity index (χ0v) is 9.28. The van der Waals surface area contributed by atoms with E-state index < -0.39 is 6.03 Å². The fraction of sp³-hybridized carbons (Fsp3) is 0.111. The molecule has 2 rings (SSSR count). The first kappa shape index (κ1) is 10.5. The molecule has 84 valence electrons. The molecular formula is C9H10N4O2S. The number of aryl methyl sites for hydroxylation is 1. The van der Waals surface area contributed by atoms with Crippen LogP contribution in [-0.4, -0.2) is 20.7 Å². The molecule has 2 heterocycles. The average molecular weight is 238 g/mol. The molecule has 0 aliphatic carbocycles. The first-order valence-electron chi connectivity index (χ1n) is 4.49. The van der Waals surface area contributed by atoms with Crippen LogP contribution >= 0.6 is 11.3 Å². The SMILES string of the molecule is Cn1cc(O)nc1NC(=O)Nc1cccs1. The number of carbonyl (C=O) groups is 1. The largest absolute Gasteiger partial charge is 0.492 e. The van der Waals surface area contributed by atoms with Crippen LogP contribution in [0.25, 0.3) is 0 Å². The van der Waals surface area contributed by atoms with E-state index in [1.54, 1.807) is 13.1 Å². The molecule has 6 nitrogen and oxygen atoms in total. The summed E-state index contributed by atoms with van der Waals surface area (Å²) in [4.78, 5) is 15.2. The van der Waals surface area contributed by atoms with Crippen LogP contribution in [0.2, 0.25) is 0 Å². The van der Waals surface area contributed by atoms with Gasteiger partial charge in [-0.2, -0.15) is 4.98 Å². The van der Waals surface area contributed by atoms with Crippen LogP contribution in [0.15, 0.2) is 23.7 Å². The topological polar surface area (TPSA) is 79.2 Å². The van der Waals surface area contributed by atoms with E-state index in [0.717, 1.165) is 5.00 Å². The van der Waals surface area contributed by atoms with Crippen molar-refractivity contribution in [1.82, 2.24) is 9.55 Å². The van der Waals surface area contributed by atoms with E-state index in [1.165, 1.54) is 22.1 Å². The second-order valence-electron chi connectivity index (χ2n) is 3.09. The van der Waals surface area contributed by atoms with E-state index in [2.05, 4.69) is 15.6 Å². The number of thiophene rings is 1. The van der Waals surface area contributed by atoms with Crippen molar-refractivity contribution in [3.05, 3.63) is 23.7 Å². The summed E-state index contributed by atoms with van der Waals surface area (Å²) in [6.07, 6.45) is 1.40. The molecular weight excluding hydrogens is 228 g/mol. The van der Waals surface area contributed by atoms with Gasteiger partial charge < -0.3 is 9.67 Å². The number of imidazole rings is 1. The fourth-order valence-corrected chi connectivity index (χ4v) is 1.77. The third-order valence-electron chi connectivity index (χ3n) is 1.85. The zero-order valence-electron chi connectivity index (χ0n) is 8.47. The van der Waals surface area contributed by atoms with Gasteiger partial charge in [0.2, 0.25) is 11.8 Å². The Morgan fingerprint density at radius 3 is 2.94 bits per heavy atom. The van der Waals surface area contributed by atoms with Crippen LogP contribution in [0.1, 0.15) is 0 Å². The molecule has 2 aromatic heterocycles. The van der Waals surface area contributed by atoms with E-state index in [-0.39, 0.29) is 11.8 Å². The van der Waals surface area contributed by atoms with E-state index in [0.29, 0.717) is 0 Å².